The van der Waals surface area contributed by atoms with Gasteiger partial charge in [0.15, 0.2) is 0 Å². The Hall–Kier alpha value is -1.69. The van der Waals surface area contributed by atoms with Crippen molar-refractivity contribution in [2.75, 3.05) is 57.4 Å². The van der Waals surface area contributed by atoms with E-state index in [4.69, 9.17) is 4.74 Å². The van der Waals surface area contributed by atoms with Gasteiger partial charge in [0.1, 0.15) is 9.96 Å². The van der Waals surface area contributed by atoms with Crippen molar-refractivity contribution in [3.63, 3.8) is 0 Å². The molecule has 164 valence electrons. The zero-order valence-corrected chi connectivity index (χ0v) is 18.3. The van der Waals surface area contributed by atoms with Gasteiger partial charge in [-0.3, -0.25) is 4.90 Å². The summed E-state index contributed by atoms with van der Waals surface area (Å²) < 4.78 is 33.6. The number of sulfonamides is 1. The fraction of sp³-hybridized carbons (Fsp3) is 0.500. The molecule has 2 aromatic rings. The maximum absolute atomic E-state index is 13.1. The first-order valence-electron chi connectivity index (χ1n) is 10.0. The van der Waals surface area contributed by atoms with Gasteiger partial charge in [-0.25, -0.2) is 8.42 Å². The summed E-state index contributed by atoms with van der Waals surface area (Å²) in [5, 5.41) is 21.2. The van der Waals surface area contributed by atoms with Crippen LogP contribution in [0.25, 0.3) is 0 Å². The molecule has 2 aliphatic rings. The first-order valence-corrected chi connectivity index (χ1v) is 12.3. The fourth-order valence-electron chi connectivity index (χ4n) is 4.09. The lowest BCUT2D eigenvalue weighted by atomic mass is 10.1. The van der Waals surface area contributed by atoms with Crippen LogP contribution < -0.4 is 4.90 Å². The molecule has 2 saturated heterocycles. The monoisotopic (exact) mass is 453 g/mol. The van der Waals surface area contributed by atoms with Crippen molar-refractivity contribution in [1.29, 1.82) is 0 Å². The molecule has 1 aromatic carbocycles. The predicted octanol–water partition coefficient (Wildman–Crippen LogP) is 1.03. The van der Waals surface area contributed by atoms with Crippen LogP contribution in [0.4, 0.5) is 5.69 Å². The number of morpholine rings is 1. The van der Waals surface area contributed by atoms with Crippen LogP contribution in [-0.2, 0) is 14.8 Å². The van der Waals surface area contributed by atoms with Crippen LogP contribution in [0.2, 0.25) is 0 Å². The molecule has 4 rings (SSSR count). The van der Waals surface area contributed by atoms with E-state index in [1.165, 1.54) is 11.3 Å². The lowest BCUT2D eigenvalue weighted by Gasteiger charge is -2.45. The number of benzene rings is 1. The lowest BCUT2D eigenvalue weighted by molar-refractivity contribution is -0.0308. The minimum Gasteiger partial charge on any atom is -0.508 e. The van der Waals surface area contributed by atoms with Crippen molar-refractivity contribution >= 4 is 27.0 Å². The highest BCUT2D eigenvalue weighted by Crippen LogP contribution is 2.28. The standard InChI is InChI=1S/C20H27N3O5S2/c24-14-18-15-28-10-9-21(18)12-17-13-22(30(26,27)20-2-1-11-29-20)7-8-23(17)16-3-5-19(25)6-4-16/h1-6,11,17-18,24-25H,7-10,12-15H2/t17-,18+/m0/s1. The van der Waals surface area contributed by atoms with Crippen molar-refractivity contribution in [1.82, 2.24) is 9.21 Å². The van der Waals surface area contributed by atoms with E-state index in [0.717, 1.165) is 5.69 Å². The van der Waals surface area contributed by atoms with E-state index in [2.05, 4.69) is 9.80 Å². The molecule has 2 aliphatic heterocycles. The molecule has 0 saturated carbocycles. The number of nitrogens with zero attached hydrogens (tertiary/aromatic N) is 3. The van der Waals surface area contributed by atoms with E-state index < -0.39 is 10.0 Å². The lowest BCUT2D eigenvalue weighted by Crippen LogP contribution is -2.60. The van der Waals surface area contributed by atoms with Gasteiger partial charge in [-0.05, 0) is 35.7 Å². The molecule has 0 amide bonds. The summed E-state index contributed by atoms with van der Waals surface area (Å²) >= 11 is 1.23. The second kappa shape index (κ2) is 9.21. The van der Waals surface area contributed by atoms with Gasteiger partial charge < -0.3 is 19.8 Å². The number of hydrogen-bond acceptors (Lipinski definition) is 8. The number of hydrogen-bond donors (Lipinski definition) is 2. The highest BCUT2D eigenvalue weighted by atomic mass is 32.2. The molecule has 2 atom stereocenters. The topological polar surface area (TPSA) is 93.6 Å². The molecule has 0 bridgehead atoms. The summed E-state index contributed by atoms with van der Waals surface area (Å²) in [6.07, 6.45) is 0. The third kappa shape index (κ3) is 4.48. The molecule has 3 heterocycles. The second-order valence-electron chi connectivity index (χ2n) is 7.57. The van der Waals surface area contributed by atoms with Crippen LogP contribution in [0.5, 0.6) is 5.75 Å². The summed E-state index contributed by atoms with van der Waals surface area (Å²) in [7, 11) is -3.53. The third-order valence-corrected chi connectivity index (χ3v) is 8.96. The summed E-state index contributed by atoms with van der Waals surface area (Å²) in [5.74, 6) is 0.197. The minimum absolute atomic E-state index is 0.00311. The van der Waals surface area contributed by atoms with Crippen molar-refractivity contribution in [2.45, 2.75) is 16.3 Å². The Labute approximate surface area is 181 Å². The van der Waals surface area contributed by atoms with Crippen molar-refractivity contribution in [3.05, 3.63) is 41.8 Å². The summed E-state index contributed by atoms with van der Waals surface area (Å²) in [6, 6.07) is 10.2. The summed E-state index contributed by atoms with van der Waals surface area (Å²) in [6.45, 7) is 3.69. The quantitative estimate of drug-likeness (QED) is 0.675. The molecule has 30 heavy (non-hydrogen) atoms. The number of aliphatic hydroxyl groups is 1. The Balaban J connectivity index is 1.59. The Morgan fingerprint density at radius 1 is 1.10 bits per heavy atom. The van der Waals surface area contributed by atoms with Crippen LogP contribution in [0, 0.1) is 0 Å². The molecule has 0 unspecified atom stereocenters. The highest BCUT2D eigenvalue weighted by molar-refractivity contribution is 7.91. The molecule has 10 heteroatoms. The van der Waals surface area contributed by atoms with Gasteiger partial charge in [-0.2, -0.15) is 4.31 Å². The zero-order valence-electron chi connectivity index (χ0n) is 16.6. The van der Waals surface area contributed by atoms with E-state index in [9.17, 15) is 18.6 Å². The van der Waals surface area contributed by atoms with Gasteiger partial charge in [0.05, 0.1) is 31.9 Å². The molecule has 0 radical (unpaired) electrons. The molecule has 2 N–H and O–H groups in total. The predicted molar refractivity (Wildman–Crippen MR) is 116 cm³/mol. The number of thiophene rings is 1. The van der Waals surface area contributed by atoms with E-state index in [0.29, 0.717) is 50.1 Å². The summed E-state index contributed by atoms with van der Waals surface area (Å²) in [5.41, 5.74) is 0.944. The van der Waals surface area contributed by atoms with Crippen LogP contribution in [-0.4, -0.2) is 92.5 Å². The first-order chi connectivity index (χ1) is 14.5. The first kappa shape index (κ1) is 21.5. The Morgan fingerprint density at radius 3 is 2.60 bits per heavy atom. The van der Waals surface area contributed by atoms with Gasteiger partial charge in [0.25, 0.3) is 10.0 Å². The third-order valence-electron chi connectivity index (χ3n) is 5.72. The van der Waals surface area contributed by atoms with Crippen LogP contribution in [0.1, 0.15) is 0 Å². The fourth-order valence-corrected chi connectivity index (χ4v) is 6.70. The molecule has 0 spiro atoms. The molecule has 1 aromatic heterocycles. The number of phenolic OH excluding ortho intramolecular Hbond substituents is 1. The number of aliphatic hydroxyl groups excluding tert-OH is 1. The number of phenols is 1. The highest BCUT2D eigenvalue weighted by Gasteiger charge is 2.37. The molecule has 2 fully saturated rings. The van der Waals surface area contributed by atoms with Crippen LogP contribution in [0.3, 0.4) is 0 Å². The minimum atomic E-state index is -3.53. The average Bonchev–Trinajstić information content (AvgIpc) is 3.31. The Kier molecular flexibility index (Phi) is 6.61. The van der Waals surface area contributed by atoms with Gasteiger partial charge in [0, 0.05) is 38.4 Å². The average molecular weight is 454 g/mol. The van der Waals surface area contributed by atoms with Gasteiger partial charge in [-0.15, -0.1) is 11.3 Å². The van der Waals surface area contributed by atoms with E-state index in [1.54, 1.807) is 34.0 Å². The largest absolute Gasteiger partial charge is 0.508 e. The number of ether oxygens (including phenoxy) is 1. The van der Waals surface area contributed by atoms with E-state index in [-0.39, 0.29) is 24.4 Å². The molecule has 8 nitrogen and oxygen atoms in total. The second-order valence-corrected chi connectivity index (χ2v) is 10.7. The van der Waals surface area contributed by atoms with Crippen molar-refractivity contribution in [3.8, 4) is 5.75 Å². The van der Waals surface area contributed by atoms with E-state index >= 15 is 0 Å². The zero-order chi connectivity index (χ0) is 21.1. The van der Waals surface area contributed by atoms with Crippen LogP contribution >= 0.6 is 11.3 Å². The van der Waals surface area contributed by atoms with Crippen molar-refractivity contribution in [2.24, 2.45) is 0 Å². The molecule has 0 aliphatic carbocycles. The van der Waals surface area contributed by atoms with Gasteiger partial charge >= 0.3 is 0 Å². The number of piperazine rings is 1. The number of aromatic hydroxyl groups is 1. The normalized spacial score (nSPS) is 24.2. The SMILES string of the molecule is O=S(=O)(c1cccs1)N1CCN(c2ccc(O)cc2)[C@@H](CN2CCOC[C@H]2CO)C1. The van der Waals surface area contributed by atoms with Crippen molar-refractivity contribution < 1.29 is 23.4 Å². The molecular formula is C20H27N3O5S2. The van der Waals surface area contributed by atoms with Crippen LogP contribution in [0.15, 0.2) is 46.0 Å². The number of anilines is 1. The smallest absolute Gasteiger partial charge is 0.252 e. The number of rotatable bonds is 6. The maximum Gasteiger partial charge on any atom is 0.252 e. The Bertz CT molecular complexity index is 920. The molecular weight excluding hydrogens is 426 g/mol. The summed E-state index contributed by atoms with van der Waals surface area (Å²) in [4.78, 5) is 4.38. The van der Waals surface area contributed by atoms with Gasteiger partial charge in [0.2, 0.25) is 0 Å². The maximum atomic E-state index is 13.1. The van der Waals surface area contributed by atoms with Gasteiger partial charge in [-0.1, -0.05) is 6.07 Å². The Morgan fingerprint density at radius 2 is 1.90 bits per heavy atom. The van der Waals surface area contributed by atoms with E-state index in [1.807, 2.05) is 12.1 Å².